The van der Waals surface area contributed by atoms with E-state index in [4.69, 9.17) is 4.98 Å². The van der Waals surface area contributed by atoms with E-state index < -0.39 is 0 Å². The van der Waals surface area contributed by atoms with Crippen molar-refractivity contribution in [1.82, 2.24) is 19.3 Å². The Hall–Kier alpha value is -3.47. The molecule has 4 heterocycles. The molecule has 1 aliphatic heterocycles. The van der Waals surface area contributed by atoms with Crippen LogP contribution in [0, 0.1) is 6.92 Å². The van der Waals surface area contributed by atoms with E-state index in [1.54, 1.807) is 6.20 Å². The Morgan fingerprint density at radius 2 is 2.00 bits per heavy atom. The number of nitrogens with zero attached hydrogens (tertiary/aromatic N) is 4. The lowest BCUT2D eigenvalue weighted by molar-refractivity contribution is -0.131. The van der Waals surface area contributed by atoms with Crippen LogP contribution < -0.4 is 0 Å². The highest BCUT2D eigenvalue weighted by atomic mass is 16.2. The normalized spacial score (nSPS) is 16.3. The molecule has 5 heteroatoms. The third-order valence-electron chi connectivity index (χ3n) is 6.05. The van der Waals surface area contributed by atoms with Gasteiger partial charge in [0.2, 0.25) is 5.91 Å². The summed E-state index contributed by atoms with van der Waals surface area (Å²) < 4.78 is 2.06. The highest BCUT2D eigenvalue weighted by Crippen LogP contribution is 2.34. The van der Waals surface area contributed by atoms with Crippen molar-refractivity contribution in [1.29, 1.82) is 0 Å². The topological polar surface area (TPSA) is 50.5 Å². The molecule has 1 unspecified atom stereocenters. The Kier molecular flexibility index (Phi) is 4.79. The fourth-order valence-electron chi connectivity index (χ4n) is 4.40. The van der Waals surface area contributed by atoms with E-state index in [0.717, 1.165) is 52.9 Å². The molecule has 5 rings (SSSR count). The molecule has 1 aliphatic rings. The molecule has 0 bridgehead atoms. The number of carbonyl (C=O) groups excluding carboxylic acids is 1. The fourth-order valence-corrected chi connectivity index (χ4v) is 4.40. The average molecular weight is 396 g/mol. The first-order valence-corrected chi connectivity index (χ1v) is 10.4. The second kappa shape index (κ2) is 7.75. The van der Waals surface area contributed by atoms with E-state index >= 15 is 0 Å². The first kappa shape index (κ1) is 18.6. The van der Waals surface area contributed by atoms with Crippen molar-refractivity contribution in [2.45, 2.75) is 32.2 Å². The summed E-state index contributed by atoms with van der Waals surface area (Å²) in [6.45, 7) is 2.86. The minimum atomic E-state index is 0.0377. The van der Waals surface area contributed by atoms with E-state index in [2.05, 4.69) is 46.8 Å². The molecule has 0 spiro atoms. The molecule has 4 aromatic rings. The highest BCUT2D eigenvalue weighted by molar-refractivity contribution is 5.80. The van der Waals surface area contributed by atoms with Crippen molar-refractivity contribution >= 4 is 11.4 Å². The van der Waals surface area contributed by atoms with Gasteiger partial charge >= 0.3 is 0 Å². The second-order valence-electron chi connectivity index (χ2n) is 7.93. The van der Waals surface area contributed by atoms with Crippen LogP contribution in [0.2, 0.25) is 0 Å². The molecule has 30 heavy (non-hydrogen) atoms. The molecule has 0 radical (unpaired) electrons. The molecule has 0 aliphatic carbocycles. The summed E-state index contributed by atoms with van der Waals surface area (Å²) in [5.74, 6) is 0.180. The average Bonchev–Trinajstić information content (AvgIpc) is 3.42. The zero-order chi connectivity index (χ0) is 20.5. The number of aryl methyl sites for hydroxylation is 1. The molecule has 1 fully saturated rings. The standard InChI is InChI=1S/C25H24N4O/c1-18-6-2-3-7-19(18)14-24(30)29-13-5-9-23(29)25-22-11-10-21(16-28(22)17-27-25)20-8-4-12-26-15-20/h2-4,6-8,10-12,15-17,23H,5,9,13-14H2,1H3. The summed E-state index contributed by atoms with van der Waals surface area (Å²) in [6, 6.07) is 16.4. The number of hydrogen-bond acceptors (Lipinski definition) is 3. The molecule has 1 saturated heterocycles. The van der Waals surface area contributed by atoms with Crippen molar-refractivity contribution in [3.05, 3.63) is 90.3 Å². The summed E-state index contributed by atoms with van der Waals surface area (Å²) in [6.07, 6.45) is 9.99. The van der Waals surface area contributed by atoms with E-state index in [-0.39, 0.29) is 11.9 Å². The zero-order valence-corrected chi connectivity index (χ0v) is 17.0. The van der Waals surface area contributed by atoms with Gasteiger partial charge in [0.1, 0.15) is 0 Å². The number of benzene rings is 1. The van der Waals surface area contributed by atoms with Crippen LogP contribution in [-0.2, 0) is 11.2 Å². The number of imidazole rings is 1. The van der Waals surface area contributed by atoms with Gasteiger partial charge in [-0.25, -0.2) is 4.98 Å². The second-order valence-corrected chi connectivity index (χ2v) is 7.93. The maximum absolute atomic E-state index is 13.1. The van der Waals surface area contributed by atoms with Crippen molar-refractivity contribution < 1.29 is 4.79 Å². The van der Waals surface area contributed by atoms with Crippen LogP contribution in [0.1, 0.15) is 35.7 Å². The smallest absolute Gasteiger partial charge is 0.227 e. The number of hydrogen-bond donors (Lipinski definition) is 0. The summed E-state index contributed by atoms with van der Waals surface area (Å²) in [7, 11) is 0. The molecule has 3 aromatic heterocycles. The van der Waals surface area contributed by atoms with Crippen molar-refractivity contribution in [3.63, 3.8) is 0 Å². The Morgan fingerprint density at radius 3 is 2.83 bits per heavy atom. The number of rotatable bonds is 4. The van der Waals surface area contributed by atoms with Crippen molar-refractivity contribution in [2.75, 3.05) is 6.54 Å². The van der Waals surface area contributed by atoms with E-state index in [1.807, 2.05) is 41.7 Å². The Bertz CT molecular complexity index is 1200. The lowest BCUT2D eigenvalue weighted by Crippen LogP contribution is -2.32. The zero-order valence-electron chi connectivity index (χ0n) is 17.0. The molecular weight excluding hydrogens is 372 g/mol. The van der Waals surface area contributed by atoms with Crippen LogP contribution in [0.3, 0.4) is 0 Å². The number of carbonyl (C=O) groups is 1. The van der Waals surface area contributed by atoms with Crippen LogP contribution in [0.5, 0.6) is 0 Å². The SMILES string of the molecule is Cc1ccccc1CC(=O)N1CCCC1c1ncn2cc(-c3cccnc3)ccc12. The van der Waals surface area contributed by atoms with Gasteiger partial charge in [-0.1, -0.05) is 36.4 Å². The monoisotopic (exact) mass is 396 g/mol. The van der Waals surface area contributed by atoms with Crippen molar-refractivity contribution in [2.24, 2.45) is 0 Å². The van der Waals surface area contributed by atoms with Gasteiger partial charge in [-0.05, 0) is 48.6 Å². The van der Waals surface area contributed by atoms with Gasteiger partial charge in [0.25, 0.3) is 0 Å². The molecule has 0 N–H and O–H groups in total. The van der Waals surface area contributed by atoms with Crippen LogP contribution in [0.15, 0.2) is 73.4 Å². The Labute approximate surface area is 176 Å². The summed E-state index contributed by atoms with van der Waals surface area (Å²) in [5.41, 5.74) is 6.48. The quantitative estimate of drug-likeness (QED) is 0.506. The van der Waals surface area contributed by atoms with Gasteiger partial charge in [-0.3, -0.25) is 9.78 Å². The van der Waals surface area contributed by atoms with Crippen LogP contribution >= 0.6 is 0 Å². The van der Waals surface area contributed by atoms with Gasteiger partial charge in [0.05, 0.1) is 30.0 Å². The molecule has 150 valence electrons. The van der Waals surface area contributed by atoms with E-state index in [1.165, 1.54) is 0 Å². The molecule has 1 amide bonds. The third-order valence-corrected chi connectivity index (χ3v) is 6.05. The number of likely N-dealkylation sites (tertiary alicyclic amines) is 1. The van der Waals surface area contributed by atoms with E-state index in [9.17, 15) is 4.79 Å². The number of pyridine rings is 2. The minimum absolute atomic E-state index is 0.0377. The molecule has 5 nitrogen and oxygen atoms in total. The molecule has 0 saturated carbocycles. The summed E-state index contributed by atoms with van der Waals surface area (Å²) >= 11 is 0. The first-order valence-electron chi connectivity index (χ1n) is 10.4. The van der Waals surface area contributed by atoms with Gasteiger partial charge < -0.3 is 9.30 Å². The first-order chi connectivity index (χ1) is 14.7. The van der Waals surface area contributed by atoms with E-state index in [0.29, 0.717) is 6.42 Å². The van der Waals surface area contributed by atoms with Crippen LogP contribution in [-0.4, -0.2) is 31.7 Å². The predicted octanol–water partition coefficient (Wildman–Crippen LogP) is 4.61. The number of aromatic nitrogens is 3. The van der Waals surface area contributed by atoms with Crippen LogP contribution in [0.4, 0.5) is 0 Å². The van der Waals surface area contributed by atoms with Gasteiger partial charge in [-0.15, -0.1) is 0 Å². The highest BCUT2D eigenvalue weighted by Gasteiger charge is 2.32. The van der Waals surface area contributed by atoms with Gasteiger partial charge in [0, 0.05) is 30.7 Å². The molecular formula is C25H24N4O. The Balaban J connectivity index is 1.43. The molecule has 1 atom stereocenters. The van der Waals surface area contributed by atoms with Crippen LogP contribution in [0.25, 0.3) is 16.6 Å². The summed E-state index contributed by atoms with van der Waals surface area (Å²) in [5, 5.41) is 0. The number of fused-ring (bicyclic) bond motifs is 1. The molecule has 1 aromatic carbocycles. The largest absolute Gasteiger partial charge is 0.334 e. The van der Waals surface area contributed by atoms with Gasteiger partial charge in [-0.2, -0.15) is 0 Å². The number of amides is 1. The third kappa shape index (κ3) is 3.36. The minimum Gasteiger partial charge on any atom is -0.334 e. The van der Waals surface area contributed by atoms with Crippen molar-refractivity contribution in [3.8, 4) is 11.1 Å². The maximum atomic E-state index is 13.1. The lowest BCUT2D eigenvalue weighted by atomic mass is 10.0. The Morgan fingerprint density at radius 1 is 1.10 bits per heavy atom. The van der Waals surface area contributed by atoms with Gasteiger partial charge in [0.15, 0.2) is 0 Å². The lowest BCUT2D eigenvalue weighted by Gasteiger charge is -2.24. The maximum Gasteiger partial charge on any atom is 0.227 e. The fraction of sp³-hybridized carbons (Fsp3) is 0.240. The summed E-state index contributed by atoms with van der Waals surface area (Å²) in [4.78, 5) is 24.1. The predicted molar refractivity (Wildman–Crippen MR) is 117 cm³/mol.